The molecule has 1 amide bonds. The Morgan fingerprint density at radius 2 is 1.86 bits per heavy atom. The van der Waals surface area contributed by atoms with Gasteiger partial charge in [-0.2, -0.15) is 0 Å². The summed E-state index contributed by atoms with van der Waals surface area (Å²) >= 11 is 1.02. The third-order valence-electron chi connectivity index (χ3n) is 3.35. The molecule has 112 valence electrons. The van der Waals surface area contributed by atoms with Gasteiger partial charge >= 0.3 is 0 Å². The number of aryl methyl sites for hydroxylation is 2. The fourth-order valence-corrected chi connectivity index (χ4v) is 4.34. The predicted molar refractivity (Wildman–Crippen MR) is 84.3 cm³/mol. The first kappa shape index (κ1) is 15.5. The molecule has 0 bridgehead atoms. The normalized spacial score (nSPS) is 11.4. The molecule has 2 aromatic rings. The van der Waals surface area contributed by atoms with Crippen LogP contribution in [0.5, 0.6) is 0 Å². The van der Waals surface area contributed by atoms with Gasteiger partial charge in [0, 0.05) is 7.05 Å². The van der Waals surface area contributed by atoms with E-state index in [0.29, 0.717) is 5.69 Å². The van der Waals surface area contributed by atoms with Gasteiger partial charge in [0.15, 0.2) is 0 Å². The zero-order valence-electron chi connectivity index (χ0n) is 12.0. The minimum atomic E-state index is -3.81. The molecule has 0 aliphatic heterocycles. The molecule has 0 atom stereocenters. The maximum atomic E-state index is 12.6. The molecule has 0 saturated carbocycles. The maximum Gasteiger partial charge on any atom is 0.265 e. The minimum Gasteiger partial charge on any atom is -0.365 e. The van der Waals surface area contributed by atoms with Crippen LogP contribution in [-0.4, -0.2) is 21.4 Å². The summed E-state index contributed by atoms with van der Waals surface area (Å²) in [6.07, 6.45) is 0. The van der Waals surface area contributed by atoms with Crippen LogP contribution in [0.2, 0.25) is 0 Å². The van der Waals surface area contributed by atoms with Gasteiger partial charge in [0.25, 0.3) is 15.9 Å². The van der Waals surface area contributed by atoms with Crippen molar-refractivity contribution in [1.29, 1.82) is 0 Å². The third kappa shape index (κ3) is 2.79. The predicted octanol–water partition coefficient (Wildman–Crippen LogP) is 2.29. The lowest BCUT2D eigenvalue weighted by Crippen LogP contribution is -2.28. The second-order valence-corrected chi connectivity index (χ2v) is 7.57. The zero-order chi connectivity index (χ0) is 15.8. The highest BCUT2D eigenvalue weighted by molar-refractivity contribution is 7.93. The zero-order valence-corrected chi connectivity index (χ0v) is 13.6. The van der Waals surface area contributed by atoms with Gasteiger partial charge in [-0.05, 0) is 48.6 Å². The Bertz CT molecular complexity index is 794. The van der Waals surface area contributed by atoms with Crippen LogP contribution in [0.1, 0.15) is 20.8 Å². The Labute approximate surface area is 128 Å². The Morgan fingerprint density at radius 3 is 2.43 bits per heavy atom. The Kier molecular flexibility index (Phi) is 4.06. The van der Waals surface area contributed by atoms with E-state index in [9.17, 15) is 13.2 Å². The van der Waals surface area contributed by atoms with Crippen LogP contribution in [0.25, 0.3) is 0 Å². The van der Waals surface area contributed by atoms with Crippen molar-refractivity contribution in [3.8, 4) is 0 Å². The number of hydrogen-bond donors (Lipinski definition) is 1. The average Bonchev–Trinajstić information content (AvgIpc) is 2.91. The topological polar surface area (TPSA) is 80.5 Å². The molecule has 21 heavy (non-hydrogen) atoms. The first-order valence-corrected chi connectivity index (χ1v) is 8.50. The van der Waals surface area contributed by atoms with Gasteiger partial charge in [0.2, 0.25) is 0 Å². The van der Waals surface area contributed by atoms with E-state index in [4.69, 9.17) is 5.73 Å². The number of carbonyl (C=O) groups excluding carboxylic acids is 1. The fourth-order valence-electron chi connectivity index (χ4n) is 1.89. The summed E-state index contributed by atoms with van der Waals surface area (Å²) in [4.78, 5) is 11.3. The second-order valence-electron chi connectivity index (χ2n) is 4.72. The molecule has 0 fully saturated rings. The highest BCUT2D eigenvalue weighted by Crippen LogP contribution is 2.28. The van der Waals surface area contributed by atoms with Crippen molar-refractivity contribution in [3.05, 3.63) is 45.6 Å². The summed E-state index contributed by atoms with van der Waals surface area (Å²) < 4.78 is 26.4. The summed E-state index contributed by atoms with van der Waals surface area (Å²) in [7, 11) is -2.35. The second kappa shape index (κ2) is 5.50. The van der Waals surface area contributed by atoms with Gasteiger partial charge in [-0.1, -0.05) is 6.07 Å². The number of hydrogen-bond acceptors (Lipinski definition) is 4. The van der Waals surface area contributed by atoms with Gasteiger partial charge in [0.1, 0.15) is 9.77 Å². The van der Waals surface area contributed by atoms with E-state index in [0.717, 1.165) is 26.8 Å². The third-order valence-corrected chi connectivity index (χ3v) is 6.23. The highest BCUT2D eigenvalue weighted by atomic mass is 32.2. The van der Waals surface area contributed by atoms with Crippen molar-refractivity contribution in [3.63, 3.8) is 0 Å². The lowest BCUT2D eigenvalue weighted by Gasteiger charge is -2.20. The highest BCUT2D eigenvalue weighted by Gasteiger charge is 2.27. The monoisotopic (exact) mass is 324 g/mol. The Morgan fingerprint density at radius 1 is 1.19 bits per heavy atom. The number of nitrogens with zero attached hydrogens (tertiary/aromatic N) is 1. The Hall–Kier alpha value is -1.86. The van der Waals surface area contributed by atoms with Crippen molar-refractivity contribution in [2.24, 2.45) is 5.73 Å². The van der Waals surface area contributed by atoms with Crippen molar-refractivity contribution in [1.82, 2.24) is 0 Å². The molecule has 1 heterocycles. The molecule has 1 aromatic heterocycles. The van der Waals surface area contributed by atoms with Crippen LogP contribution in [0.15, 0.2) is 34.5 Å². The minimum absolute atomic E-state index is 0.0469. The van der Waals surface area contributed by atoms with Crippen molar-refractivity contribution < 1.29 is 13.2 Å². The number of thiophene rings is 1. The Balaban J connectivity index is 2.50. The van der Waals surface area contributed by atoms with Crippen LogP contribution in [0.3, 0.4) is 0 Å². The standard InChI is InChI=1S/C14H16N2O3S2/c1-9-4-5-11(8-10(9)2)16(3)21(18,19)12-6-7-20-13(12)14(15)17/h4-8H,1-3H3,(H2,15,17). The van der Waals surface area contributed by atoms with Gasteiger partial charge < -0.3 is 5.73 Å². The van der Waals surface area contributed by atoms with Crippen LogP contribution in [0.4, 0.5) is 5.69 Å². The van der Waals surface area contributed by atoms with E-state index in [-0.39, 0.29) is 9.77 Å². The number of anilines is 1. The molecule has 5 nitrogen and oxygen atoms in total. The molecule has 0 spiro atoms. The summed E-state index contributed by atoms with van der Waals surface area (Å²) in [6.45, 7) is 3.87. The van der Waals surface area contributed by atoms with Crippen molar-refractivity contribution >= 4 is 33.0 Å². The number of primary amides is 1. The van der Waals surface area contributed by atoms with Crippen LogP contribution >= 0.6 is 11.3 Å². The van der Waals surface area contributed by atoms with E-state index in [1.807, 2.05) is 19.9 Å². The quantitative estimate of drug-likeness (QED) is 0.937. The molecule has 0 aliphatic rings. The van der Waals surface area contributed by atoms with Gasteiger partial charge in [-0.3, -0.25) is 9.10 Å². The first-order valence-electron chi connectivity index (χ1n) is 6.18. The summed E-state index contributed by atoms with van der Waals surface area (Å²) in [5, 5.41) is 1.54. The number of amides is 1. The van der Waals surface area contributed by atoms with Gasteiger partial charge in [-0.15, -0.1) is 11.3 Å². The van der Waals surface area contributed by atoms with E-state index < -0.39 is 15.9 Å². The SMILES string of the molecule is Cc1ccc(N(C)S(=O)(=O)c2ccsc2C(N)=O)cc1C. The molecular weight excluding hydrogens is 308 g/mol. The van der Waals surface area contributed by atoms with Gasteiger partial charge in [-0.25, -0.2) is 8.42 Å². The molecule has 0 saturated heterocycles. The van der Waals surface area contributed by atoms with Gasteiger partial charge in [0.05, 0.1) is 5.69 Å². The molecule has 0 aliphatic carbocycles. The molecular formula is C14H16N2O3S2. The number of benzene rings is 1. The summed E-state index contributed by atoms with van der Waals surface area (Å²) in [5.74, 6) is -0.739. The van der Waals surface area contributed by atoms with E-state index >= 15 is 0 Å². The lowest BCUT2D eigenvalue weighted by molar-refractivity contribution is 0.100. The lowest BCUT2D eigenvalue weighted by atomic mass is 10.1. The van der Waals surface area contributed by atoms with E-state index in [1.165, 1.54) is 13.1 Å². The number of rotatable bonds is 4. The average molecular weight is 324 g/mol. The number of sulfonamides is 1. The first-order chi connectivity index (χ1) is 9.75. The molecule has 2 rings (SSSR count). The smallest absolute Gasteiger partial charge is 0.265 e. The molecule has 1 aromatic carbocycles. The number of carbonyl (C=O) groups is 1. The van der Waals surface area contributed by atoms with E-state index in [2.05, 4.69) is 0 Å². The van der Waals surface area contributed by atoms with Crippen molar-refractivity contribution in [2.45, 2.75) is 18.7 Å². The van der Waals surface area contributed by atoms with Crippen LogP contribution < -0.4 is 10.0 Å². The van der Waals surface area contributed by atoms with E-state index in [1.54, 1.807) is 17.5 Å². The summed E-state index contributed by atoms with van der Waals surface area (Å²) in [5.41, 5.74) is 7.85. The largest absolute Gasteiger partial charge is 0.365 e. The molecule has 7 heteroatoms. The van der Waals surface area contributed by atoms with Crippen molar-refractivity contribution in [2.75, 3.05) is 11.4 Å². The van der Waals surface area contributed by atoms with Crippen LogP contribution in [0, 0.1) is 13.8 Å². The maximum absolute atomic E-state index is 12.6. The van der Waals surface area contributed by atoms with Crippen LogP contribution in [-0.2, 0) is 10.0 Å². The molecule has 0 radical (unpaired) electrons. The molecule has 0 unspecified atom stereocenters. The summed E-state index contributed by atoms with van der Waals surface area (Å²) in [6, 6.07) is 6.79. The molecule has 2 N–H and O–H groups in total. The fraction of sp³-hybridized carbons (Fsp3) is 0.214. The number of nitrogens with two attached hydrogens (primary N) is 1.